The van der Waals surface area contributed by atoms with Crippen LogP contribution in [0.4, 0.5) is 0 Å². The van der Waals surface area contributed by atoms with E-state index in [0.29, 0.717) is 5.92 Å². The number of carbonyl (C=O) groups excluding carboxylic acids is 1. The number of hydrogen-bond acceptors (Lipinski definition) is 3. The Kier molecular flexibility index (Phi) is 8.07. The monoisotopic (exact) mass is 247 g/mol. The summed E-state index contributed by atoms with van der Waals surface area (Å²) in [7, 11) is 0. The minimum atomic E-state index is -0.884. The summed E-state index contributed by atoms with van der Waals surface area (Å²) in [5, 5.41) is 11.3. The molecule has 0 spiro atoms. The average molecular weight is 247 g/mol. The number of thioether (sulfide) groups is 1. The van der Waals surface area contributed by atoms with Gasteiger partial charge in [-0.25, -0.2) is 0 Å². The Balaban J connectivity index is 3.65. The van der Waals surface area contributed by atoms with E-state index in [1.54, 1.807) is 0 Å². The van der Waals surface area contributed by atoms with E-state index >= 15 is 0 Å². The standard InChI is InChI=1S/C11H21NO3S/c1-4-8(2)5-9(3)12-10(13)6-16-7-11(14)15/h8-9H,4-7H2,1-3H3,(H,12,13)(H,14,15). The zero-order valence-electron chi connectivity index (χ0n) is 10.2. The number of hydrogen-bond donors (Lipinski definition) is 2. The molecule has 2 atom stereocenters. The predicted octanol–water partition coefficient (Wildman–Crippen LogP) is 1.75. The molecule has 16 heavy (non-hydrogen) atoms. The fourth-order valence-corrected chi connectivity index (χ4v) is 1.92. The molecular weight excluding hydrogens is 226 g/mol. The van der Waals surface area contributed by atoms with Gasteiger partial charge in [0.05, 0.1) is 11.5 Å². The Morgan fingerprint density at radius 3 is 2.44 bits per heavy atom. The summed E-state index contributed by atoms with van der Waals surface area (Å²) in [6.45, 7) is 6.26. The Morgan fingerprint density at radius 1 is 1.31 bits per heavy atom. The second-order valence-electron chi connectivity index (χ2n) is 4.10. The molecule has 0 aliphatic carbocycles. The van der Waals surface area contributed by atoms with Crippen LogP contribution in [0.2, 0.25) is 0 Å². The molecule has 0 heterocycles. The maximum atomic E-state index is 11.4. The van der Waals surface area contributed by atoms with Gasteiger partial charge in [0.2, 0.25) is 5.91 Å². The highest BCUT2D eigenvalue weighted by molar-refractivity contribution is 8.00. The smallest absolute Gasteiger partial charge is 0.313 e. The minimum Gasteiger partial charge on any atom is -0.481 e. The van der Waals surface area contributed by atoms with Crippen molar-refractivity contribution in [2.24, 2.45) is 5.92 Å². The SMILES string of the molecule is CCC(C)CC(C)NC(=O)CSCC(=O)O. The second-order valence-corrected chi connectivity index (χ2v) is 5.09. The van der Waals surface area contributed by atoms with Gasteiger partial charge < -0.3 is 10.4 Å². The van der Waals surface area contributed by atoms with Gasteiger partial charge >= 0.3 is 5.97 Å². The van der Waals surface area contributed by atoms with E-state index in [4.69, 9.17) is 5.11 Å². The number of carbonyl (C=O) groups is 2. The first-order valence-electron chi connectivity index (χ1n) is 5.54. The molecule has 94 valence electrons. The number of rotatable bonds is 8. The lowest BCUT2D eigenvalue weighted by molar-refractivity contribution is -0.133. The van der Waals surface area contributed by atoms with Crippen LogP contribution in [-0.4, -0.2) is 34.5 Å². The summed E-state index contributed by atoms with van der Waals surface area (Å²) in [5.74, 6) is -0.168. The maximum absolute atomic E-state index is 11.4. The number of nitrogens with one attached hydrogen (secondary N) is 1. The van der Waals surface area contributed by atoms with Crippen molar-refractivity contribution in [1.29, 1.82) is 0 Å². The van der Waals surface area contributed by atoms with Gasteiger partial charge in [0.1, 0.15) is 0 Å². The molecule has 1 amide bonds. The molecule has 5 heteroatoms. The first kappa shape index (κ1) is 15.3. The van der Waals surface area contributed by atoms with Crippen LogP contribution in [0.25, 0.3) is 0 Å². The van der Waals surface area contributed by atoms with E-state index in [2.05, 4.69) is 19.2 Å². The number of aliphatic carboxylic acids is 1. The molecule has 0 saturated heterocycles. The van der Waals surface area contributed by atoms with Crippen molar-refractivity contribution in [2.45, 2.75) is 39.7 Å². The summed E-state index contributed by atoms with van der Waals surface area (Å²) in [5.41, 5.74) is 0. The summed E-state index contributed by atoms with van der Waals surface area (Å²) >= 11 is 1.12. The molecular formula is C11H21NO3S. The third-order valence-corrected chi connectivity index (χ3v) is 3.24. The highest BCUT2D eigenvalue weighted by Crippen LogP contribution is 2.09. The van der Waals surface area contributed by atoms with Crippen molar-refractivity contribution in [3.05, 3.63) is 0 Å². The van der Waals surface area contributed by atoms with Crippen LogP contribution >= 0.6 is 11.8 Å². The van der Waals surface area contributed by atoms with Gasteiger partial charge in [0, 0.05) is 6.04 Å². The van der Waals surface area contributed by atoms with Crippen molar-refractivity contribution in [1.82, 2.24) is 5.32 Å². The summed E-state index contributed by atoms with van der Waals surface area (Å²) < 4.78 is 0. The lowest BCUT2D eigenvalue weighted by Crippen LogP contribution is -2.35. The minimum absolute atomic E-state index is 0.0207. The molecule has 0 aromatic heterocycles. The highest BCUT2D eigenvalue weighted by Gasteiger charge is 2.10. The molecule has 2 N–H and O–H groups in total. The highest BCUT2D eigenvalue weighted by atomic mass is 32.2. The number of carboxylic acids is 1. The maximum Gasteiger partial charge on any atom is 0.313 e. The van der Waals surface area contributed by atoms with E-state index in [-0.39, 0.29) is 23.5 Å². The Morgan fingerprint density at radius 2 is 1.94 bits per heavy atom. The molecule has 0 saturated carbocycles. The first-order chi connectivity index (χ1) is 7.45. The van der Waals surface area contributed by atoms with Crippen LogP contribution in [0.3, 0.4) is 0 Å². The van der Waals surface area contributed by atoms with Crippen LogP contribution in [0.15, 0.2) is 0 Å². The third-order valence-electron chi connectivity index (χ3n) is 2.32. The Hall–Kier alpha value is -0.710. The van der Waals surface area contributed by atoms with Gasteiger partial charge in [-0.05, 0) is 19.3 Å². The molecule has 0 aliphatic rings. The van der Waals surface area contributed by atoms with E-state index in [1.807, 2.05) is 6.92 Å². The fourth-order valence-electron chi connectivity index (χ4n) is 1.38. The van der Waals surface area contributed by atoms with E-state index in [0.717, 1.165) is 24.6 Å². The van der Waals surface area contributed by atoms with Crippen LogP contribution < -0.4 is 5.32 Å². The van der Waals surface area contributed by atoms with Crippen molar-refractivity contribution >= 4 is 23.6 Å². The first-order valence-corrected chi connectivity index (χ1v) is 6.70. The van der Waals surface area contributed by atoms with Gasteiger partial charge in [-0.2, -0.15) is 0 Å². The van der Waals surface area contributed by atoms with Gasteiger partial charge in [-0.15, -0.1) is 11.8 Å². The summed E-state index contributed by atoms with van der Waals surface area (Å²) in [4.78, 5) is 21.6. The molecule has 0 rings (SSSR count). The fraction of sp³-hybridized carbons (Fsp3) is 0.818. The molecule has 0 fully saturated rings. The molecule has 0 aromatic carbocycles. The zero-order valence-corrected chi connectivity index (χ0v) is 11.0. The van der Waals surface area contributed by atoms with Crippen molar-refractivity contribution in [3.8, 4) is 0 Å². The van der Waals surface area contributed by atoms with Crippen molar-refractivity contribution in [2.75, 3.05) is 11.5 Å². The summed E-state index contributed by atoms with van der Waals surface area (Å²) in [6.07, 6.45) is 2.07. The lowest BCUT2D eigenvalue weighted by atomic mass is 10.0. The molecule has 0 aromatic rings. The van der Waals surface area contributed by atoms with Gasteiger partial charge in [0.15, 0.2) is 0 Å². The van der Waals surface area contributed by atoms with E-state index < -0.39 is 5.97 Å². The molecule has 0 aliphatic heterocycles. The Bertz CT molecular complexity index is 233. The van der Waals surface area contributed by atoms with Crippen LogP contribution in [0.1, 0.15) is 33.6 Å². The summed E-state index contributed by atoms with van der Waals surface area (Å²) in [6, 6.07) is 0.160. The molecule has 0 radical (unpaired) electrons. The quantitative estimate of drug-likeness (QED) is 0.685. The van der Waals surface area contributed by atoms with Crippen molar-refractivity contribution < 1.29 is 14.7 Å². The van der Waals surface area contributed by atoms with Crippen LogP contribution in [-0.2, 0) is 9.59 Å². The van der Waals surface area contributed by atoms with Crippen molar-refractivity contribution in [3.63, 3.8) is 0 Å². The molecule has 0 bridgehead atoms. The Labute approximate surface area is 101 Å². The number of carboxylic acid groups (broad SMARTS) is 1. The largest absolute Gasteiger partial charge is 0.481 e. The van der Waals surface area contributed by atoms with Crippen LogP contribution in [0.5, 0.6) is 0 Å². The topological polar surface area (TPSA) is 66.4 Å². The zero-order chi connectivity index (χ0) is 12.6. The lowest BCUT2D eigenvalue weighted by Gasteiger charge is -2.17. The van der Waals surface area contributed by atoms with Gasteiger partial charge in [-0.1, -0.05) is 20.3 Å². The van der Waals surface area contributed by atoms with Gasteiger partial charge in [-0.3, -0.25) is 9.59 Å². The normalized spacial score (nSPS) is 14.2. The second kappa shape index (κ2) is 8.44. The third kappa shape index (κ3) is 8.59. The predicted molar refractivity (Wildman–Crippen MR) is 66.6 cm³/mol. The van der Waals surface area contributed by atoms with Crippen LogP contribution in [0, 0.1) is 5.92 Å². The van der Waals surface area contributed by atoms with Gasteiger partial charge in [0.25, 0.3) is 0 Å². The molecule has 2 unspecified atom stereocenters. The van der Waals surface area contributed by atoms with E-state index in [1.165, 1.54) is 0 Å². The number of amides is 1. The average Bonchev–Trinajstić information content (AvgIpc) is 2.16. The van der Waals surface area contributed by atoms with E-state index in [9.17, 15) is 9.59 Å². The molecule has 4 nitrogen and oxygen atoms in total.